The van der Waals surface area contributed by atoms with Crippen LogP contribution in [0.25, 0.3) is 22.2 Å². The lowest BCUT2D eigenvalue weighted by molar-refractivity contribution is 0.0685. The van der Waals surface area contributed by atoms with Crippen molar-refractivity contribution in [2.75, 3.05) is 0 Å². The van der Waals surface area contributed by atoms with Crippen LogP contribution in [-0.2, 0) is 6.54 Å². The van der Waals surface area contributed by atoms with Crippen molar-refractivity contribution in [1.82, 2.24) is 9.55 Å². The van der Waals surface area contributed by atoms with Gasteiger partial charge in [0, 0.05) is 23.2 Å². The Kier molecular flexibility index (Phi) is 3.22. The molecule has 0 spiro atoms. The van der Waals surface area contributed by atoms with E-state index in [9.17, 15) is 9.90 Å². The third-order valence-corrected chi connectivity index (χ3v) is 3.65. The molecule has 0 saturated carbocycles. The minimum absolute atomic E-state index is 0.303. The summed E-state index contributed by atoms with van der Waals surface area (Å²) in [7, 11) is 0. The monoisotopic (exact) mass is 280 g/mol. The summed E-state index contributed by atoms with van der Waals surface area (Å²) in [6, 6.07) is 13.5. The Hall–Kier alpha value is -2.62. The molecule has 3 rings (SSSR count). The predicted molar refractivity (Wildman–Crippen MR) is 82.5 cm³/mol. The minimum Gasteiger partial charge on any atom is -0.477 e. The highest BCUT2D eigenvalue weighted by Gasteiger charge is 2.16. The zero-order valence-corrected chi connectivity index (χ0v) is 12.0. The van der Waals surface area contributed by atoms with Crippen LogP contribution in [0.5, 0.6) is 0 Å². The second-order valence-corrected chi connectivity index (χ2v) is 4.98. The number of benzene rings is 1. The van der Waals surface area contributed by atoms with Crippen LogP contribution in [0.2, 0.25) is 0 Å². The molecule has 106 valence electrons. The number of nitrogens with zero attached hydrogens (tertiary/aromatic N) is 2. The zero-order chi connectivity index (χ0) is 15.0. The molecule has 3 aromatic rings. The van der Waals surface area contributed by atoms with Gasteiger partial charge in [-0.2, -0.15) is 0 Å². The number of carboxylic acid groups (broad SMARTS) is 1. The molecule has 1 N–H and O–H groups in total. The number of para-hydroxylation sites is 1. The highest BCUT2D eigenvalue weighted by Crippen LogP contribution is 2.29. The minimum atomic E-state index is -0.910. The van der Waals surface area contributed by atoms with Gasteiger partial charge in [0.2, 0.25) is 0 Å². The first kappa shape index (κ1) is 13.4. The molecular formula is C17H16N2O2. The molecule has 0 amide bonds. The Balaban J connectivity index is 2.30. The van der Waals surface area contributed by atoms with Crippen molar-refractivity contribution in [3.63, 3.8) is 0 Å². The Morgan fingerprint density at radius 2 is 2.00 bits per heavy atom. The molecule has 2 aromatic heterocycles. The van der Waals surface area contributed by atoms with Gasteiger partial charge in [0.05, 0.1) is 11.2 Å². The lowest BCUT2D eigenvalue weighted by Gasteiger charge is -2.11. The van der Waals surface area contributed by atoms with Crippen molar-refractivity contribution in [3.8, 4) is 11.3 Å². The van der Waals surface area contributed by atoms with Crippen LogP contribution in [0.4, 0.5) is 0 Å². The molecule has 4 nitrogen and oxygen atoms in total. The second-order valence-electron chi connectivity index (χ2n) is 4.98. The standard InChI is InChI=1S/C17H16N2O2/c1-3-19-14(9-10-15(19)17(20)21)13-6-4-5-12-8-7-11(2)18-16(12)13/h4-10H,3H2,1-2H3,(H,20,21). The first-order chi connectivity index (χ1) is 10.1. The van der Waals surface area contributed by atoms with Crippen LogP contribution >= 0.6 is 0 Å². The third-order valence-electron chi connectivity index (χ3n) is 3.65. The third kappa shape index (κ3) is 2.18. The number of aromatic carboxylic acids is 1. The van der Waals surface area contributed by atoms with E-state index in [-0.39, 0.29) is 0 Å². The Bertz CT molecular complexity index is 834. The summed E-state index contributed by atoms with van der Waals surface area (Å²) < 4.78 is 1.81. The van der Waals surface area contributed by atoms with Crippen LogP contribution in [0, 0.1) is 6.92 Å². The molecule has 1 aromatic carbocycles. The molecule has 0 aliphatic carbocycles. The molecule has 0 aliphatic heterocycles. The quantitative estimate of drug-likeness (QED) is 0.795. The number of hydrogen-bond acceptors (Lipinski definition) is 2. The number of carbonyl (C=O) groups is 1. The maximum Gasteiger partial charge on any atom is 0.352 e. The topological polar surface area (TPSA) is 55.1 Å². The van der Waals surface area contributed by atoms with E-state index in [2.05, 4.69) is 4.98 Å². The number of aromatic nitrogens is 2. The second kappa shape index (κ2) is 5.05. The lowest BCUT2D eigenvalue weighted by Crippen LogP contribution is -2.08. The van der Waals surface area contributed by atoms with Crippen LogP contribution in [0.3, 0.4) is 0 Å². The first-order valence-electron chi connectivity index (χ1n) is 6.91. The molecule has 0 unspecified atom stereocenters. The van der Waals surface area contributed by atoms with Gasteiger partial charge in [-0.25, -0.2) is 4.79 Å². The molecule has 0 saturated heterocycles. The van der Waals surface area contributed by atoms with Crippen molar-refractivity contribution in [3.05, 3.63) is 53.9 Å². The summed E-state index contributed by atoms with van der Waals surface area (Å²) >= 11 is 0. The van der Waals surface area contributed by atoms with E-state index in [4.69, 9.17) is 0 Å². The number of carboxylic acids is 1. The molecule has 2 heterocycles. The lowest BCUT2D eigenvalue weighted by atomic mass is 10.1. The van der Waals surface area contributed by atoms with Gasteiger partial charge in [0.15, 0.2) is 0 Å². The number of rotatable bonds is 3. The molecular weight excluding hydrogens is 264 g/mol. The summed E-state index contributed by atoms with van der Waals surface area (Å²) in [5.74, 6) is -0.910. The van der Waals surface area contributed by atoms with E-state index in [0.29, 0.717) is 12.2 Å². The average molecular weight is 280 g/mol. The van der Waals surface area contributed by atoms with E-state index in [1.807, 2.05) is 50.2 Å². The normalized spacial score (nSPS) is 11.0. The van der Waals surface area contributed by atoms with E-state index in [1.165, 1.54) is 0 Å². The molecule has 0 fully saturated rings. The number of pyridine rings is 1. The molecule has 21 heavy (non-hydrogen) atoms. The van der Waals surface area contributed by atoms with Crippen molar-refractivity contribution in [2.24, 2.45) is 0 Å². The Labute approximate surface area is 122 Å². The summed E-state index contributed by atoms with van der Waals surface area (Å²) in [5, 5.41) is 10.3. The van der Waals surface area contributed by atoms with E-state index >= 15 is 0 Å². The van der Waals surface area contributed by atoms with Crippen molar-refractivity contribution >= 4 is 16.9 Å². The fourth-order valence-electron chi connectivity index (χ4n) is 2.68. The van der Waals surface area contributed by atoms with Gasteiger partial charge >= 0.3 is 5.97 Å². The van der Waals surface area contributed by atoms with Gasteiger partial charge in [0.25, 0.3) is 0 Å². The van der Waals surface area contributed by atoms with Crippen LogP contribution in [-0.4, -0.2) is 20.6 Å². The van der Waals surface area contributed by atoms with Crippen LogP contribution in [0.15, 0.2) is 42.5 Å². The zero-order valence-electron chi connectivity index (χ0n) is 12.0. The molecule has 0 aliphatic rings. The summed E-state index contributed by atoms with van der Waals surface area (Å²) in [5.41, 5.74) is 4.01. The van der Waals surface area contributed by atoms with Crippen molar-refractivity contribution in [2.45, 2.75) is 20.4 Å². The van der Waals surface area contributed by atoms with E-state index < -0.39 is 5.97 Å². The molecule has 4 heteroatoms. The molecule has 0 bridgehead atoms. The predicted octanol–water partition coefficient (Wildman–Crippen LogP) is 3.73. The maximum atomic E-state index is 11.3. The SMILES string of the molecule is CCn1c(C(=O)O)ccc1-c1cccc2ccc(C)nc12. The average Bonchev–Trinajstić information content (AvgIpc) is 2.90. The fraction of sp³-hybridized carbons (Fsp3) is 0.176. The Morgan fingerprint density at radius 1 is 1.19 bits per heavy atom. The fourth-order valence-corrected chi connectivity index (χ4v) is 2.68. The number of hydrogen-bond donors (Lipinski definition) is 1. The van der Waals surface area contributed by atoms with Gasteiger partial charge in [0.1, 0.15) is 5.69 Å². The summed E-state index contributed by atoms with van der Waals surface area (Å²) in [4.78, 5) is 15.9. The van der Waals surface area contributed by atoms with Gasteiger partial charge in [-0.05, 0) is 32.0 Å². The van der Waals surface area contributed by atoms with Gasteiger partial charge in [-0.3, -0.25) is 4.98 Å². The van der Waals surface area contributed by atoms with Crippen molar-refractivity contribution < 1.29 is 9.90 Å². The Morgan fingerprint density at radius 3 is 2.71 bits per heavy atom. The summed E-state index contributed by atoms with van der Waals surface area (Å²) in [6.07, 6.45) is 0. The van der Waals surface area contributed by atoms with Gasteiger partial charge in [-0.15, -0.1) is 0 Å². The highest BCUT2D eigenvalue weighted by molar-refractivity contribution is 5.94. The largest absolute Gasteiger partial charge is 0.477 e. The highest BCUT2D eigenvalue weighted by atomic mass is 16.4. The van der Waals surface area contributed by atoms with Gasteiger partial charge < -0.3 is 9.67 Å². The smallest absolute Gasteiger partial charge is 0.352 e. The molecule has 0 radical (unpaired) electrons. The number of aryl methyl sites for hydroxylation is 1. The van der Waals surface area contributed by atoms with Gasteiger partial charge in [-0.1, -0.05) is 24.3 Å². The van der Waals surface area contributed by atoms with Crippen molar-refractivity contribution in [1.29, 1.82) is 0 Å². The summed E-state index contributed by atoms with van der Waals surface area (Å²) in [6.45, 7) is 4.50. The van der Waals surface area contributed by atoms with E-state index in [0.717, 1.165) is 27.9 Å². The molecule has 0 atom stereocenters. The first-order valence-corrected chi connectivity index (χ1v) is 6.91. The number of fused-ring (bicyclic) bond motifs is 1. The maximum absolute atomic E-state index is 11.3. The van der Waals surface area contributed by atoms with Crippen LogP contribution in [0.1, 0.15) is 23.1 Å². The van der Waals surface area contributed by atoms with Crippen LogP contribution < -0.4 is 0 Å². The van der Waals surface area contributed by atoms with E-state index in [1.54, 1.807) is 10.6 Å².